The lowest BCUT2D eigenvalue weighted by molar-refractivity contribution is 0.111. The Morgan fingerprint density at radius 3 is 2.62 bits per heavy atom. The molecule has 0 amide bonds. The van der Waals surface area contributed by atoms with E-state index in [0.717, 1.165) is 48.0 Å². The zero-order valence-corrected chi connectivity index (χ0v) is 24.1. The number of halogens is 1. The van der Waals surface area contributed by atoms with E-state index in [-0.39, 0.29) is 17.1 Å². The number of phenols is 1. The predicted molar refractivity (Wildman–Crippen MR) is 162 cm³/mol. The van der Waals surface area contributed by atoms with Crippen molar-refractivity contribution in [1.82, 2.24) is 25.2 Å². The van der Waals surface area contributed by atoms with Gasteiger partial charge in [0.15, 0.2) is 11.5 Å². The molecule has 2 bridgehead atoms. The lowest BCUT2D eigenvalue weighted by Crippen LogP contribution is -2.51. The Kier molecular flexibility index (Phi) is 6.23. The van der Waals surface area contributed by atoms with Gasteiger partial charge in [-0.15, -0.1) is 0 Å². The van der Waals surface area contributed by atoms with Crippen LogP contribution in [0.1, 0.15) is 51.0 Å². The summed E-state index contributed by atoms with van der Waals surface area (Å²) in [4.78, 5) is 19.7. The van der Waals surface area contributed by atoms with Gasteiger partial charge in [0, 0.05) is 43.0 Å². The average molecular weight is 569 g/mol. The molecule has 2 aromatic carbocycles. The minimum atomic E-state index is -0.269. The first-order chi connectivity index (χ1) is 20.5. The van der Waals surface area contributed by atoms with Gasteiger partial charge in [-0.3, -0.25) is 4.90 Å². The van der Waals surface area contributed by atoms with Gasteiger partial charge in [0.2, 0.25) is 5.88 Å². The number of nitrogens with zero attached hydrogens (tertiary/aromatic N) is 5. The zero-order chi connectivity index (χ0) is 28.4. The minimum Gasteiger partial charge on any atom is -0.508 e. The van der Waals surface area contributed by atoms with Crippen molar-refractivity contribution in [1.29, 1.82) is 0 Å². The van der Waals surface area contributed by atoms with E-state index in [9.17, 15) is 9.50 Å². The van der Waals surface area contributed by atoms with Crippen LogP contribution in [0.25, 0.3) is 33.2 Å². The molecule has 4 aliphatic rings. The molecule has 4 aromatic rings. The molecule has 218 valence electrons. The number of phenolic OH excluding ortho intramolecular Hbond substituents is 1. The number of hydrogen-bond acceptors (Lipinski definition) is 8. The number of rotatable bonds is 6. The summed E-state index contributed by atoms with van der Waals surface area (Å²) < 4.78 is 21.5. The number of anilines is 1. The lowest BCUT2D eigenvalue weighted by Gasteiger charge is -2.35. The van der Waals surface area contributed by atoms with Gasteiger partial charge in [-0.25, -0.2) is 14.4 Å². The first kappa shape index (κ1) is 26.1. The van der Waals surface area contributed by atoms with Crippen LogP contribution in [0.15, 0.2) is 36.5 Å². The number of ether oxygens (including phenoxy) is 1. The summed E-state index contributed by atoms with van der Waals surface area (Å²) in [5, 5.41) is 16.7. The van der Waals surface area contributed by atoms with Crippen molar-refractivity contribution in [2.24, 2.45) is 0 Å². The second kappa shape index (κ2) is 10.0. The van der Waals surface area contributed by atoms with E-state index < -0.39 is 0 Å². The second-order valence-corrected chi connectivity index (χ2v) is 12.6. The van der Waals surface area contributed by atoms with Gasteiger partial charge in [0.25, 0.3) is 0 Å². The number of benzene rings is 2. The van der Waals surface area contributed by atoms with Gasteiger partial charge in [0.05, 0.1) is 16.6 Å². The highest BCUT2D eigenvalue weighted by Crippen LogP contribution is 2.40. The fraction of sp³-hybridized carbons (Fsp3) is 0.485. The number of hydrogen-bond donors (Lipinski definition) is 2. The third-order valence-corrected chi connectivity index (χ3v) is 10.1. The summed E-state index contributed by atoms with van der Waals surface area (Å²) in [6.07, 6.45) is 9.50. The van der Waals surface area contributed by atoms with Gasteiger partial charge in [-0.05, 0) is 92.6 Å². The van der Waals surface area contributed by atoms with E-state index in [2.05, 4.69) is 21.2 Å². The Morgan fingerprint density at radius 2 is 1.86 bits per heavy atom. The molecule has 0 saturated carbocycles. The van der Waals surface area contributed by atoms with Crippen molar-refractivity contribution in [3.8, 4) is 23.0 Å². The van der Waals surface area contributed by atoms with Crippen molar-refractivity contribution in [3.63, 3.8) is 0 Å². The number of nitrogens with one attached hydrogen (secondary N) is 1. The minimum absolute atomic E-state index is 0.0915. The second-order valence-electron chi connectivity index (χ2n) is 12.6. The smallest absolute Gasteiger partial charge is 0.217 e. The molecule has 6 heterocycles. The summed E-state index contributed by atoms with van der Waals surface area (Å²) in [7, 11) is 0. The molecule has 42 heavy (non-hydrogen) atoms. The van der Waals surface area contributed by atoms with E-state index in [4.69, 9.17) is 19.7 Å². The van der Waals surface area contributed by atoms with Crippen LogP contribution in [0.4, 0.5) is 10.1 Å². The van der Waals surface area contributed by atoms with Crippen LogP contribution in [0, 0.1) is 5.82 Å². The molecule has 8 nitrogen and oxygen atoms in total. The Hall–Kier alpha value is -3.56. The van der Waals surface area contributed by atoms with E-state index in [1.165, 1.54) is 44.6 Å². The Labute approximate surface area is 244 Å². The summed E-state index contributed by atoms with van der Waals surface area (Å²) in [5.41, 5.74) is 2.91. The number of aromatic nitrogens is 3. The molecule has 2 aromatic heterocycles. The molecular formula is C33H37FN6O2. The molecule has 0 aliphatic carbocycles. The molecule has 0 spiro atoms. The molecule has 2 N–H and O–H groups in total. The maximum atomic E-state index is 14.9. The van der Waals surface area contributed by atoms with Crippen LogP contribution in [0.5, 0.6) is 11.6 Å². The maximum Gasteiger partial charge on any atom is 0.217 e. The molecule has 8 rings (SSSR count). The Morgan fingerprint density at radius 1 is 1.07 bits per heavy atom. The van der Waals surface area contributed by atoms with Crippen molar-refractivity contribution in [3.05, 3.63) is 47.9 Å². The normalized spacial score (nSPS) is 23.2. The molecule has 2 unspecified atom stereocenters. The molecule has 4 saturated heterocycles. The van der Waals surface area contributed by atoms with Gasteiger partial charge in [0.1, 0.15) is 18.2 Å². The Bertz CT molecular complexity index is 1670. The molecule has 9 heteroatoms. The molecular weight excluding hydrogens is 531 g/mol. The third kappa shape index (κ3) is 4.28. The highest BCUT2D eigenvalue weighted by atomic mass is 19.1. The number of fused-ring (bicyclic) bond motifs is 5. The third-order valence-electron chi connectivity index (χ3n) is 10.1. The van der Waals surface area contributed by atoms with E-state index in [0.29, 0.717) is 53.6 Å². The monoisotopic (exact) mass is 568 g/mol. The molecule has 4 fully saturated rings. The van der Waals surface area contributed by atoms with Crippen LogP contribution in [0.2, 0.25) is 0 Å². The van der Waals surface area contributed by atoms with E-state index in [1.54, 1.807) is 18.2 Å². The van der Waals surface area contributed by atoms with Gasteiger partial charge in [-0.1, -0.05) is 13.0 Å². The number of piperazine rings is 1. The zero-order valence-electron chi connectivity index (χ0n) is 24.1. The van der Waals surface area contributed by atoms with Gasteiger partial charge < -0.3 is 20.1 Å². The largest absolute Gasteiger partial charge is 0.508 e. The summed E-state index contributed by atoms with van der Waals surface area (Å²) in [6.45, 7) is 6.71. The quantitative estimate of drug-likeness (QED) is 0.328. The number of aryl methyl sites for hydroxylation is 1. The van der Waals surface area contributed by atoms with E-state index >= 15 is 0 Å². The number of aromatic hydroxyl groups is 1. The standard InChI is InChI=1S/C33H37FN6O2/c1-2-24-27(34)8-5-20-13-23(41)14-25(30(20)24)31-35-16-26-28(39-17-21-6-7-22(18-39)36-21)15-29(37-32(26)38-31)42-19-33-9-3-11-40(33)12-4-10-33/h5,8,13-16,21-22,36,41H,2-4,6-7,9-12,17-19H2,1H3. The SMILES string of the molecule is CCc1c(F)ccc2cc(O)cc(-c3ncc4c(N5CC6CCC(C5)N6)cc(OCC56CCCN5CCC6)nc4n3)c12. The van der Waals surface area contributed by atoms with Crippen molar-refractivity contribution < 1.29 is 14.2 Å². The fourth-order valence-electron chi connectivity index (χ4n) is 8.12. The first-order valence-corrected chi connectivity index (χ1v) is 15.5. The first-order valence-electron chi connectivity index (χ1n) is 15.5. The molecule has 0 radical (unpaired) electrons. The maximum absolute atomic E-state index is 14.9. The highest BCUT2D eigenvalue weighted by molar-refractivity contribution is 6.00. The van der Waals surface area contributed by atoms with Crippen LogP contribution in [-0.2, 0) is 6.42 Å². The van der Waals surface area contributed by atoms with Crippen LogP contribution < -0.4 is 15.0 Å². The number of pyridine rings is 1. The average Bonchev–Trinajstić information content (AvgIpc) is 3.68. The van der Waals surface area contributed by atoms with Crippen molar-refractivity contribution >= 4 is 27.5 Å². The summed E-state index contributed by atoms with van der Waals surface area (Å²) >= 11 is 0. The molecule has 4 aliphatic heterocycles. The highest BCUT2D eigenvalue weighted by Gasteiger charge is 2.45. The summed E-state index contributed by atoms with van der Waals surface area (Å²) in [6, 6.07) is 9.47. The lowest BCUT2D eigenvalue weighted by atomic mass is 9.95. The van der Waals surface area contributed by atoms with Crippen LogP contribution >= 0.6 is 0 Å². The fourth-order valence-corrected chi connectivity index (χ4v) is 8.12. The predicted octanol–water partition coefficient (Wildman–Crippen LogP) is 5.20. The van der Waals surface area contributed by atoms with Crippen molar-refractivity contribution in [2.75, 3.05) is 37.7 Å². The molecule has 2 atom stereocenters. The van der Waals surface area contributed by atoms with Crippen molar-refractivity contribution in [2.45, 2.75) is 69.5 Å². The van der Waals surface area contributed by atoms with Crippen LogP contribution in [0.3, 0.4) is 0 Å². The Balaban J connectivity index is 1.25. The summed E-state index contributed by atoms with van der Waals surface area (Å²) in [5.74, 6) is 0.821. The van der Waals surface area contributed by atoms with Gasteiger partial charge >= 0.3 is 0 Å². The van der Waals surface area contributed by atoms with E-state index in [1.807, 2.05) is 13.1 Å². The van der Waals surface area contributed by atoms with Gasteiger partial charge in [-0.2, -0.15) is 4.98 Å². The topological polar surface area (TPSA) is 86.6 Å². The van der Waals surface area contributed by atoms with Crippen LogP contribution in [-0.4, -0.2) is 75.4 Å².